The van der Waals surface area contributed by atoms with Crippen LogP contribution in [0.3, 0.4) is 0 Å². The number of aromatic nitrogens is 1. The number of alkyl halides is 2. The van der Waals surface area contributed by atoms with Crippen molar-refractivity contribution in [3.8, 4) is 23.0 Å². The maximum absolute atomic E-state index is 14.7. The molecule has 1 aliphatic rings. The Balaban J connectivity index is 1.56. The van der Waals surface area contributed by atoms with E-state index in [0.29, 0.717) is 18.1 Å². The monoisotopic (exact) mass is 534 g/mol. The summed E-state index contributed by atoms with van der Waals surface area (Å²) >= 11 is 0. The summed E-state index contributed by atoms with van der Waals surface area (Å²) in [6, 6.07) is 7.24. The van der Waals surface area contributed by atoms with Gasteiger partial charge in [-0.2, -0.15) is 8.78 Å². The van der Waals surface area contributed by atoms with E-state index in [4.69, 9.17) is 19.6 Å². The molecule has 0 aliphatic heterocycles. The first-order chi connectivity index (χ1) is 18.2. The number of oxazole rings is 1. The van der Waals surface area contributed by atoms with Crippen molar-refractivity contribution in [2.45, 2.75) is 39.0 Å². The molecule has 3 aromatic rings. The normalized spacial score (nSPS) is 13.8. The molecular weight excluding hydrogens is 509 g/mol. The Morgan fingerprint density at radius 1 is 1.13 bits per heavy atom. The lowest BCUT2D eigenvalue weighted by atomic mass is 10.1. The average Bonchev–Trinajstić information content (AvgIpc) is 3.62. The zero-order valence-corrected chi connectivity index (χ0v) is 20.5. The first-order valence-electron chi connectivity index (χ1n) is 11.7. The van der Waals surface area contributed by atoms with E-state index >= 15 is 0 Å². The van der Waals surface area contributed by atoms with Crippen LogP contribution in [0.1, 0.15) is 58.0 Å². The topological polar surface area (TPSA) is 123 Å². The Hall–Kier alpha value is -4.06. The van der Waals surface area contributed by atoms with Gasteiger partial charge in [-0.15, -0.1) is 0 Å². The lowest BCUT2D eigenvalue weighted by Crippen LogP contribution is -2.13. The number of carbonyl (C=O) groups is 2. The van der Waals surface area contributed by atoms with Gasteiger partial charge in [0.1, 0.15) is 18.1 Å². The zero-order valence-electron chi connectivity index (χ0n) is 20.5. The highest BCUT2D eigenvalue weighted by Gasteiger charge is 2.25. The molecule has 0 amide bonds. The molecule has 1 saturated carbocycles. The van der Waals surface area contributed by atoms with Gasteiger partial charge in [-0.3, -0.25) is 0 Å². The highest BCUT2D eigenvalue weighted by molar-refractivity contribution is 5.95. The van der Waals surface area contributed by atoms with Crippen molar-refractivity contribution in [2.75, 3.05) is 13.7 Å². The maximum Gasteiger partial charge on any atom is 0.387 e. The van der Waals surface area contributed by atoms with Gasteiger partial charge in [0.15, 0.2) is 17.3 Å². The van der Waals surface area contributed by atoms with Crippen molar-refractivity contribution < 1.29 is 46.1 Å². The van der Waals surface area contributed by atoms with Crippen LogP contribution < -0.4 is 15.2 Å². The molecule has 1 fully saturated rings. The molecule has 1 atom stereocenters. The zero-order chi connectivity index (χ0) is 27.4. The lowest BCUT2D eigenvalue weighted by Gasteiger charge is -2.12. The molecule has 2 N–H and O–H groups in total. The summed E-state index contributed by atoms with van der Waals surface area (Å²) in [6.45, 7) is -1.47. The Morgan fingerprint density at radius 2 is 1.84 bits per heavy atom. The van der Waals surface area contributed by atoms with E-state index in [0.717, 1.165) is 26.0 Å². The van der Waals surface area contributed by atoms with Crippen LogP contribution in [-0.4, -0.2) is 37.3 Å². The van der Waals surface area contributed by atoms with Gasteiger partial charge < -0.3 is 29.1 Å². The van der Waals surface area contributed by atoms with Crippen LogP contribution in [0.5, 0.6) is 11.5 Å². The van der Waals surface area contributed by atoms with E-state index in [2.05, 4.69) is 14.5 Å². The smallest absolute Gasteiger partial charge is 0.387 e. The van der Waals surface area contributed by atoms with Crippen molar-refractivity contribution in [1.29, 1.82) is 0 Å². The number of esters is 2. The van der Waals surface area contributed by atoms with E-state index in [1.165, 1.54) is 30.3 Å². The third kappa shape index (κ3) is 6.25. The molecule has 0 radical (unpaired) electrons. The van der Waals surface area contributed by atoms with E-state index in [1.54, 1.807) is 6.92 Å². The van der Waals surface area contributed by atoms with Crippen molar-refractivity contribution in [1.82, 2.24) is 4.98 Å². The Morgan fingerprint density at radius 3 is 2.47 bits per heavy atom. The summed E-state index contributed by atoms with van der Waals surface area (Å²) in [7, 11) is 1.09. The van der Waals surface area contributed by atoms with Crippen LogP contribution in [0, 0.1) is 11.7 Å². The number of methoxy groups -OCH3 is 1. The number of nitrogens with zero attached hydrogens (tertiary/aromatic N) is 1. The molecule has 0 saturated heterocycles. The second kappa shape index (κ2) is 11.5. The molecule has 0 bridgehead atoms. The number of benzene rings is 2. The number of hydrogen-bond donors (Lipinski definition) is 1. The summed E-state index contributed by atoms with van der Waals surface area (Å²) in [4.78, 5) is 28.6. The second-order valence-corrected chi connectivity index (χ2v) is 8.65. The Bertz CT molecular complexity index is 1320. The van der Waals surface area contributed by atoms with Gasteiger partial charge in [-0.05, 0) is 56.0 Å². The fourth-order valence-corrected chi connectivity index (χ4v) is 3.55. The SMILES string of the molecule is COC(=O)c1cccc(C(=O)OCc2nc(-c3ccc(OC(F)F)c(OCC4CC4)c3)oc2C(C)N)c1F. The molecule has 0 spiro atoms. The minimum Gasteiger partial charge on any atom is -0.489 e. The molecule has 12 heteroatoms. The van der Waals surface area contributed by atoms with Gasteiger partial charge >= 0.3 is 18.6 Å². The fraction of sp³-hybridized carbons (Fsp3) is 0.346. The fourth-order valence-electron chi connectivity index (χ4n) is 3.55. The molecule has 2 aromatic carbocycles. The summed E-state index contributed by atoms with van der Waals surface area (Å²) < 4.78 is 66.1. The van der Waals surface area contributed by atoms with Gasteiger partial charge in [0.25, 0.3) is 0 Å². The standard InChI is InChI=1S/C26H25F3N2O7/c1-13(30)22-18(12-36-25(33)17-5-3-4-16(21(17)27)24(32)34-2)31-23(38-22)15-8-9-19(37-26(28)29)20(10-15)35-11-14-6-7-14/h3-5,8-10,13-14,26H,6-7,11-12,30H2,1-2H3. The third-order valence-corrected chi connectivity index (χ3v) is 5.68. The second-order valence-electron chi connectivity index (χ2n) is 8.65. The molecule has 4 rings (SSSR count). The number of halogens is 3. The van der Waals surface area contributed by atoms with E-state index < -0.39 is 48.1 Å². The van der Waals surface area contributed by atoms with Gasteiger partial charge in [0.05, 0.1) is 30.9 Å². The molecule has 38 heavy (non-hydrogen) atoms. The van der Waals surface area contributed by atoms with E-state index in [9.17, 15) is 22.8 Å². The van der Waals surface area contributed by atoms with Crippen LogP contribution in [0.25, 0.3) is 11.5 Å². The van der Waals surface area contributed by atoms with Crippen LogP contribution in [0.2, 0.25) is 0 Å². The van der Waals surface area contributed by atoms with Gasteiger partial charge in [-0.1, -0.05) is 6.07 Å². The van der Waals surface area contributed by atoms with Gasteiger partial charge in [-0.25, -0.2) is 19.0 Å². The number of rotatable bonds is 11. The Kier molecular flexibility index (Phi) is 8.20. The molecule has 9 nitrogen and oxygen atoms in total. The first-order valence-corrected chi connectivity index (χ1v) is 11.7. The molecule has 1 aliphatic carbocycles. The van der Waals surface area contributed by atoms with Gasteiger partial charge in [0.2, 0.25) is 5.89 Å². The highest BCUT2D eigenvalue weighted by Crippen LogP contribution is 2.37. The third-order valence-electron chi connectivity index (χ3n) is 5.68. The molecule has 202 valence electrons. The lowest BCUT2D eigenvalue weighted by molar-refractivity contribution is -0.0515. The quantitative estimate of drug-likeness (QED) is 0.337. The Labute approximate surface area is 215 Å². The highest BCUT2D eigenvalue weighted by atomic mass is 19.3. The first kappa shape index (κ1) is 27.0. The van der Waals surface area contributed by atoms with Crippen molar-refractivity contribution in [3.63, 3.8) is 0 Å². The molecular formula is C26H25F3N2O7. The van der Waals surface area contributed by atoms with Crippen LogP contribution in [0.15, 0.2) is 40.8 Å². The van der Waals surface area contributed by atoms with Crippen LogP contribution in [-0.2, 0) is 16.1 Å². The molecule has 1 aromatic heterocycles. The summed E-state index contributed by atoms with van der Waals surface area (Å²) in [6.07, 6.45) is 2.00. The number of ether oxygens (including phenoxy) is 4. The molecule has 1 unspecified atom stereocenters. The number of carbonyl (C=O) groups excluding carboxylic acids is 2. The minimum absolute atomic E-state index is 0.0714. The maximum atomic E-state index is 14.7. The van der Waals surface area contributed by atoms with Crippen molar-refractivity contribution >= 4 is 11.9 Å². The number of nitrogens with two attached hydrogens (primary N) is 1. The van der Waals surface area contributed by atoms with Crippen molar-refractivity contribution in [3.05, 3.63) is 64.8 Å². The predicted molar refractivity (Wildman–Crippen MR) is 126 cm³/mol. The van der Waals surface area contributed by atoms with Crippen molar-refractivity contribution in [2.24, 2.45) is 11.7 Å². The van der Waals surface area contributed by atoms with E-state index in [1.807, 2.05) is 0 Å². The largest absolute Gasteiger partial charge is 0.489 e. The summed E-state index contributed by atoms with van der Waals surface area (Å²) in [5, 5.41) is 0. The van der Waals surface area contributed by atoms with Crippen LogP contribution in [0.4, 0.5) is 13.2 Å². The number of hydrogen-bond acceptors (Lipinski definition) is 9. The summed E-state index contributed by atoms with van der Waals surface area (Å²) in [5.74, 6) is -2.46. The molecule has 1 heterocycles. The average molecular weight is 534 g/mol. The predicted octanol–water partition coefficient (Wildman–Crippen LogP) is 5.03. The van der Waals surface area contributed by atoms with Crippen LogP contribution >= 0.6 is 0 Å². The summed E-state index contributed by atoms with van der Waals surface area (Å²) in [5.41, 5.74) is 5.67. The van der Waals surface area contributed by atoms with Gasteiger partial charge in [0, 0.05) is 5.56 Å². The minimum atomic E-state index is -3.03. The van der Waals surface area contributed by atoms with E-state index in [-0.39, 0.29) is 28.8 Å².